The zero-order valence-corrected chi connectivity index (χ0v) is 16.3. The number of nitrogens with zero attached hydrogens (tertiary/aromatic N) is 3. The highest BCUT2D eigenvalue weighted by molar-refractivity contribution is 7.10. The summed E-state index contributed by atoms with van der Waals surface area (Å²) in [5.41, 5.74) is 5.26. The standard InChI is InChI=1S/C22H19N3O2S/c1-27-13-17-21(14-6-3-2-4-7-14)22-23-12-16-18(25(22)24-17)10-15(11-19(16)26)20-8-5-9-28-20/h2-9,12,15H,10-11,13H2,1H3/t15-/m0/s1. The lowest BCUT2D eigenvalue weighted by Gasteiger charge is -2.23. The van der Waals surface area contributed by atoms with Crippen LogP contribution in [0.1, 0.15) is 39.0 Å². The summed E-state index contributed by atoms with van der Waals surface area (Å²) in [4.78, 5) is 18.7. The van der Waals surface area contributed by atoms with Crippen LogP contribution in [0.5, 0.6) is 0 Å². The van der Waals surface area contributed by atoms with Crippen LogP contribution in [0, 0.1) is 0 Å². The molecule has 28 heavy (non-hydrogen) atoms. The Balaban J connectivity index is 1.71. The van der Waals surface area contributed by atoms with Gasteiger partial charge in [-0.25, -0.2) is 9.50 Å². The summed E-state index contributed by atoms with van der Waals surface area (Å²) in [6.07, 6.45) is 3.03. The molecule has 5 nitrogen and oxygen atoms in total. The predicted molar refractivity (Wildman–Crippen MR) is 109 cm³/mol. The number of methoxy groups -OCH3 is 1. The van der Waals surface area contributed by atoms with Crippen LogP contribution >= 0.6 is 11.3 Å². The van der Waals surface area contributed by atoms with Crippen molar-refractivity contribution < 1.29 is 9.53 Å². The van der Waals surface area contributed by atoms with Crippen molar-refractivity contribution in [3.05, 3.63) is 75.9 Å². The molecule has 0 unspecified atom stereocenters. The number of carbonyl (C=O) groups excluding carboxylic acids is 1. The number of rotatable bonds is 4. The van der Waals surface area contributed by atoms with E-state index in [0.29, 0.717) is 18.6 Å². The third kappa shape index (κ3) is 2.77. The van der Waals surface area contributed by atoms with Crippen molar-refractivity contribution >= 4 is 22.8 Å². The summed E-state index contributed by atoms with van der Waals surface area (Å²) in [5, 5.41) is 6.89. The molecule has 1 aromatic carbocycles. The molecule has 5 rings (SSSR count). The van der Waals surface area contributed by atoms with Crippen LogP contribution in [0.15, 0.2) is 54.0 Å². The zero-order chi connectivity index (χ0) is 19.1. The molecule has 0 saturated carbocycles. The predicted octanol–water partition coefficient (Wildman–Crippen LogP) is 4.52. The largest absolute Gasteiger partial charge is 0.378 e. The van der Waals surface area contributed by atoms with Crippen LogP contribution in [-0.2, 0) is 17.8 Å². The number of hydrogen-bond donors (Lipinski definition) is 0. The molecule has 3 heterocycles. The molecule has 4 aromatic rings. The van der Waals surface area contributed by atoms with Gasteiger partial charge in [0.25, 0.3) is 0 Å². The van der Waals surface area contributed by atoms with E-state index in [9.17, 15) is 4.79 Å². The van der Waals surface area contributed by atoms with Crippen molar-refractivity contribution in [3.8, 4) is 11.1 Å². The van der Waals surface area contributed by atoms with Crippen molar-refractivity contribution in [2.75, 3.05) is 7.11 Å². The van der Waals surface area contributed by atoms with Crippen LogP contribution in [0.2, 0.25) is 0 Å². The molecule has 0 radical (unpaired) electrons. The Hall–Kier alpha value is -2.83. The third-order valence-electron chi connectivity index (χ3n) is 5.28. The number of Topliss-reactive ketones (excluding diaryl/α,β-unsaturated/α-hetero) is 1. The molecule has 1 atom stereocenters. The first-order chi connectivity index (χ1) is 13.8. The average molecular weight is 389 g/mol. The highest BCUT2D eigenvalue weighted by Gasteiger charge is 2.30. The van der Waals surface area contributed by atoms with Gasteiger partial charge >= 0.3 is 0 Å². The number of thiophene rings is 1. The van der Waals surface area contributed by atoms with Crippen LogP contribution in [-0.4, -0.2) is 27.5 Å². The molecule has 0 fully saturated rings. The Bertz CT molecular complexity index is 1150. The minimum Gasteiger partial charge on any atom is -0.378 e. The van der Waals surface area contributed by atoms with Crippen molar-refractivity contribution in [1.29, 1.82) is 0 Å². The number of hydrogen-bond acceptors (Lipinski definition) is 5. The third-order valence-corrected chi connectivity index (χ3v) is 6.31. The molecule has 0 N–H and O–H groups in total. The molecule has 3 aromatic heterocycles. The van der Waals surface area contributed by atoms with E-state index < -0.39 is 0 Å². The molecule has 0 aliphatic heterocycles. The molecule has 140 valence electrons. The van der Waals surface area contributed by atoms with E-state index in [0.717, 1.165) is 34.6 Å². The summed E-state index contributed by atoms with van der Waals surface area (Å²) >= 11 is 1.71. The fraction of sp³-hybridized carbons (Fsp3) is 0.227. The molecular weight excluding hydrogens is 370 g/mol. The van der Waals surface area contributed by atoms with E-state index in [1.54, 1.807) is 24.6 Å². The maximum absolute atomic E-state index is 12.8. The second kappa shape index (κ2) is 6.96. The Labute approximate surface area is 166 Å². The van der Waals surface area contributed by atoms with Gasteiger partial charge in [-0.1, -0.05) is 36.4 Å². The highest BCUT2D eigenvalue weighted by atomic mass is 32.1. The molecule has 1 aliphatic rings. The van der Waals surface area contributed by atoms with Gasteiger partial charge in [-0.15, -0.1) is 11.3 Å². The van der Waals surface area contributed by atoms with Gasteiger partial charge in [0.05, 0.1) is 29.1 Å². The molecule has 0 spiro atoms. The first-order valence-corrected chi connectivity index (χ1v) is 10.1. The van der Waals surface area contributed by atoms with Crippen LogP contribution in [0.3, 0.4) is 0 Å². The number of ketones is 1. The quantitative estimate of drug-likeness (QED) is 0.515. The van der Waals surface area contributed by atoms with Crippen molar-refractivity contribution in [1.82, 2.24) is 14.6 Å². The van der Waals surface area contributed by atoms with E-state index in [4.69, 9.17) is 9.84 Å². The fourth-order valence-corrected chi connectivity index (χ4v) is 4.84. The fourth-order valence-electron chi connectivity index (χ4n) is 4.01. The molecule has 0 amide bonds. The minimum atomic E-state index is 0.138. The monoisotopic (exact) mass is 389 g/mol. The van der Waals surface area contributed by atoms with Gasteiger partial charge in [0.15, 0.2) is 11.4 Å². The first kappa shape index (κ1) is 17.3. The zero-order valence-electron chi connectivity index (χ0n) is 15.5. The van der Waals surface area contributed by atoms with Gasteiger partial charge in [0, 0.05) is 30.5 Å². The van der Waals surface area contributed by atoms with E-state index in [-0.39, 0.29) is 11.7 Å². The summed E-state index contributed by atoms with van der Waals surface area (Å²) < 4.78 is 7.26. The second-order valence-electron chi connectivity index (χ2n) is 7.02. The van der Waals surface area contributed by atoms with Crippen LogP contribution in [0.25, 0.3) is 16.8 Å². The maximum Gasteiger partial charge on any atom is 0.166 e. The van der Waals surface area contributed by atoms with Gasteiger partial charge in [-0.05, 0) is 23.4 Å². The summed E-state index contributed by atoms with van der Waals surface area (Å²) in [6, 6.07) is 14.3. The van der Waals surface area contributed by atoms with Crippen molar-refractivity contribution in [2.24, 2.45) is 0 Å². The topological polar surface area (TPSA) is 56.5 Å². The lowest BCUT2D eigenvalue weighted by atomic mass is 9.85. The van der Waals surface area contributed by atoms with E-state index >= 15 is 0 Å². The number of benzene rings is 1. The van der Waals surface area contributed by atoms with Gasteiger partial charge in [-0.3, -0.25) is 4.79 Å². The lowest BCUT2D eigenvalue weighted by molar-refractivity contribution is 0.0962. The average Bonchev–Trinajstić information content (AvgIpc) is 3.37. The Morgan fingerprint density at radius 1 is 1.18 bits per heavy atom. The van der Waals surface area contributed by atoms with Crippen molar-refractivity contribution in [2.45, 2.75) is 25.4 Å². The number of ether oxygens (including phenoxy) is 1. The maximum atomic E-state index is 12.8. The minimum absolute atomic E-state index is 0.138. The van der Waals surface area contributed by atoms with Crippen molar-refractivity contribution in [3.63, 3.8) is 0 Å². The lowest BCUT2D eigenvalue weighted by Crippen LogP contribution is -2.22. The van der Waals surface area contributed by atoms with Crippen LogP contribution < -0.4 is 0 Å². The molecule has 6 heteroatoms. The molecule has 0 saturated heterocycles. The van der Waals surface area contributed by atoms with Gasteiger partial charge in [0.1, 0.15) is 0 Å². The number of aromatic nitrogens is 3. The van der Waals surface area contributed by atoms with E-state index in [1.165, 1.54) is 4.88 Å². The number of carbonyl (C=O) groups is 1. The van der Waals surface area contributed by atoms with Gasteiger partial charge in [0.2, 0.25) is 0 Å². The summed E-state index contributed by atoms with van der Waals surface area (Å²) in [5.74, 6) is 0.333. The summed E-state index contributed by atoms with van der Waals surface area (Å²) in [7, 11) is 1.66. The molecule has 0 bridgehead atoms. The number of fused-ring (bicyclic) bond motifs is 3. The molecule has 1 aliphatic carbocycles. The van der Waals surface area contributed by atoms with Crippen LogP contribution in [0.4, 0.5) is 0 Å². The smallest absolute Gasteiger partial charge is 0.166 e. The second-order valence-corrected chi connectivity index (χ2v) is 8.00. The normalized spacial score (nSPS) is 16.5. The van der Waals surface area contributed by atoms with Gasteiger partial charge in [-0.2, -0.15) is 5.10 Å². The Kier molecular flexibility index (Phi) is 4.30. The SMILES string of the molecule is COCc1nn2c3c(cnc2c1-c1ccccc1)C(=O)C[C@@H](c1cccs1)C3. The first-order valence-electron chi connectivity index (χ1n) is 9.26. The van der Waals surface area contributed by atoms with E-state index in [1.807, 2.05) is 28.8 Å². The summed E-state index contributed by atoms with van der Waals surface area (Å²) in [6.45, 7) is 0.394. The Morgan fingerprint density at radius 3 is 2.79 bits per heavy atom. The van der Waals surface area contributed by atoms with E-state index in [2.05, 4.69) is 28.6 Å². The molecular formula is C22H19N3O2S. The highest BCUT2D eigenvalue weighted by Crippen LogP contribution is 2.36. The Morgan fingerprint density at radius 2 is 2.04 bits per heavy atom. The van der Waals surface area contributed by atoms with Gasteiger partial charge < -0.3 is 4.74 Å².